The minimum Gasteiger partial charge on any atom is -0.406 e. The summed E-state index contributed by atoms with van der Waals surface area (Å²) >= 11 is 0. The first-order chi connectivity index (χ1) is 15.2. The highest BCUT2D eigenvalue weighted by Crippen LogP contribution is 2.31. The molecule has 1 N–H and O–H groups in total. The predicted molar refractivity (Wildman–Crippen MR) is 110 cm³/mol. The average molecular weight is 466 g/mol. The van der Waals surface area contributed by atoms with Crippen LogP contribution >= 0.6 is 0 Å². The number of pyridine rings is 1. The number of sulfonamides is 1. The molecular weight excluding hydrogens is 445 g/mol. The smallest absolute Gasteiger partial charge is 0.406 e. The number of alkyl halides is 3. The van der Waals surface area contributed by atoms with Gasteiger partial charge in [0.05, 0.1) is 17.1 Å². The summed E-state index contributed by atoms with van der Waals surface area (Å²) in [4.78, 5) is 3.90. The van der Waals surface area contributed by atoms with E-state index >= 15 is 0 Å². The van der Waals surface area contributed by atoms with Crippen LogP contribution in [0.4, 0.5) is 13.2 Å². The Balaban J connectivity index is 1.46. The van der Waals surface area contributed by atoms with Crippen molar-refractivity contribution >= 4 is 10.0 Å². The number of rotatable bonds is 7. The van der Waals surface area contributed by atoms with E-state index in [1.165, 1.54) is 5.56 Å². The van der Waals surface area contributed by atoms with Crippen molar-refractivity contribution in [3.63, 3.8) is 0 Å². The number of nitrogens with zero attached hydrogens (tertiary/aromatic N) is 3. The number of ether oxygens (including phenoxy) is 1. The molecule has 0 atom stereocenters. The summed E-state index contributed by atoms with van der Waals surface area (Å²) in [6.07, 6.45) is 2.51. The summed E-state index contributed by atoms with van der Waals surface area (Å²) in [6, 6.07) is 7.87. The number of hydrogen-bond acceptors (Lipinski definition) is 5. The van der Waals surface area contributed by atoms with Crippen LogP contribution in [-0.4, -0.2) is 36.1 Å². The zero-order valence-corrected chi connectivity index (χ0v) is 17.8. The van der Waals surface area contributed by atoms with Crippen LogP contribution in [0.3, 0.4) is 0 Å². The van der Waals surface area contributed by atoms with Crippen LogP contribution in [0.25, 0.3) is 11.3 Å². The lowest BCUT2D eigenvalue weighted by atomic mass is 9.94. The molecule has 0 unspecified atom stereocenters. The highest BCUT2D eigenvalue weighted by Gasteiger charge is 2.31. The zero-order chi connectivity index (χ0) is 22.8. The van der Waals surface area contributed by atoms with Crippen molar-refractivity contribution in [1.82, 2.24) is 19.5 Å². The second-order valence-electron chi connectivity index (χ2n) is 7.36. The van der Waals surface area contributed by atoms with Gasteiger partial charge < -0.3 is 4.74 Å². The van der Waals surface area contributed by atoms with Crippen molar-refractivity contribution < 1.29 is 26.3 Å². The maximum Gasteiger partial charge on any atom is 0.573 e. The molecule has 0 saturated heterocycles. The van der Waals surface area contributed by atoms with Crippen LogP contribution in [0, 0.1) is 0 Å². The number of fused-ring (bicyclic) bond motifs is 1. The molecule has 170 valence electrons. The van der Waals surface area contributed by atoms with Gasteiger partial charge in [-0.25, -0.2) is 13.1 Å². The first-order valence-corrected chi connectivity index (χ1v) is 11.6. The van der Waals surface area contributed by atoms with Gasteiger partial charge in [-0.2, -0.15) is 5.10 Å². The van der Waals surface area contributed by atoms with Crippen LogP contribution in [-0.2, 0) is 29.4 Å². The first kappa shape index (κ1) is 22.3. The fraction of sp³-hybridized carbons (Fsp3) is 0.333. The topological polar surface area (TPSA) is 86.1 Å². The fourth-order valence-corrected chi connectivity index (χ4v) is 4.81. The highest BCUT2D eigenvalue weighted by atomic mass is 32.2. The summed E-state index contributed by atoms with van der Waals surface area (Å²) in [6.45, 7) is 0.426. The van der Waals surface area contributed by atoms with Crippen molar-refractivity contribution in [1.29, 1.82) is 0 Å². The summed E-state index contributed by atoms with van der Waals surface area (Å²) in [7, 11) is -3.89. The highest BCUT2D eigenvalue weighted by molar-refractivity contribution is 7.89. The molecule has 4 rings (SSSR count). The van der Waals surface area contributed by atoms with Crippen LogP contribution in [0.15, 0.2) is 53.7 Å². The summed E-state index contributed by atoms with van der Waals surface area (Å²) in [5, 5.41) is 4.73. The fourth-order valence-electron chi connectivity index (χ4n) is 3.79. The third kappa shape index (κ3) is 5.10. The number of halogens is 3. The van der Waals surface area contributed by atoms with Gasteiger partial charge in [0.15, 0.2) is 0 Å². The van der Waals surface area contributed by atoms with Gasteiger partial charge in [-0.3, -0.25) is 9.67 Å². The van der Waals surface area contributed by atoms with E-state index in [0.29, 0.717) is 6.54 Å². The SMILES string of the molecule is O=S(=O)(NCCn1nc(-c2ccncc2)c2c1CCCC2)c1ccc(OC(F)(F)F)cc1. The van der Waals surface area contributed by atoms with Gasteiger partial charge in [0.1, 0.15) is 5.75 Å². The quantitative estimate of drug-likeness (QED) is 0.574. The molecule has 7 nitrogen and oxygen atoms in total. The third-order valence-corrected chi connectivity index (χ3v) is 6.67. The van der Waals surface area contributed by atoms with Gasteiger partial charge in [0, 0.05) is 35.8 Å². The number of hydrogen-bond donors (Lipinski definition) is 1. The Labute approximate surface area is 183 Å². The molecule has 11 heteroatoms. The van der Waals surface area contributed by atoms with E-state index in [4.69, 9.17) is 5.10 Å². The van der Waals surface area contributed by atoms with Crippen molar-refractivity contribution in [2.24, 2.45) is 0 Å². The Morgan fingerprint density at radius 2 is 1.72 bits per heavy atom. The van der Waals surface area contributed by atoms with Crippen LogP contribution in [0.1, 0.15) is 24.1 Å². The second-order valence-corrected chi connectivity index (χ2v) is 9.12. The Kier molecular flexibility index (Phi) is 6.20. The van der Waals surface area contributed by atoms with Crippen molar-refractivity contribution in [2.75, 3.05) is 6.54 Å². The molecule has 0 amide bonds. The van der Waals surface area contributed by atoms with Crippen LogP contribution in [0.5, 0.6) is 5.75 Å². The van der Waals surface area contributed by atoms with Gasteiger partial charge in [-0.1, -0.05) is 0 Å². The van der Waals surface area contributed by atoms with Gasteiger partial charge >= 0.3 is 6.36 Å². The Hall–Kier alpha value is -2.92. The lowest BCUT2D eigenvalue weighted by Gasteiger charge is -2.15. The van der Waals surface area contributed by atoms with Gasteiger partial charge in [-0.05, 0) is 62.1 Å². The summed E-state index contributed by atoms with van der Waals surface area (Å²) in [5.74, 6) is -0.483. The average Bonchev–Trinajstić information content (AvgIpc) is 3.12. The van der Waals surface area contributed by atoms with E-state index in [9.17, 15) is 21.6 Å². The lowest BCUT2D eigenvalue weighted by molar-refractivity contribution is -0.274. The second kappa shape index (κ2) is 8.91. The molecule has 1 aliphatic carbocycles. The Morgan fingerprint density at radius 3 is 2.41 bits per heavy atom. The molecule has 1 aliphatic rings. The van der Waals surface area contributed by atoms with E-state index in [0.717, 1.165) is 66.9 Å². The Morgan fingerprint density at radius 1 is 1.03 bits per heavy atom. The predicted octanol–water partition coefficient (Wildman–Crippen LogP) is 3.70. The van der Waals surface area contributed by atoms with Crippen LogP contribution in [0.2, 0.25) is 0 Å². The van der Waals surface area contributed by atoms with E-state index < -0.39 is 22.1 Å². The summed E-state index contributed by atoms with van der Waals surface area (Å²) < 4.78 is 70.0. The molecular formula is C21H21F3N4O3S. The van der Waals surface area contributed by atoms with Crippen molar-refractivity contribution in [3.05, 3.63) is 60.0 Å². The molecule has 2 heterocycles. The van der Waals surface area contributed by atoms with Gasteiger partial charge in [0.2, 0.25) is 10.0 Å². The van der Waals surface area contributed by atoms with E-state index in [1.54, 1.807) is 12.4 Å². The largest absolute Gasteiger partial charge is 0.573 e. The molecule has 32 heavy (non-hydrogen) atoms. The maximum atomic E-state index is 12.5. The molecule has 0 aliphatic heterocycles. The van der Waals surface area contributed by atoms with Crippen LogP contribution < -0.4 is 9.46 Å². The minimum atomic E-state index is -4.84. The minimum absolute atomic E-state index is 0.0903. The van der Waals surface area contributed by atoms with E-state index in [1.807, 2.05) is 16.8 Å². The number of aromatic nitrogens is 3. The molecule has 2 aromatic heterocycles. The molecule has 1 aromatic carbocycles. The Bertz CT molecular complexity index is 1180. The summed E-state index contributed by atoms with van der Waals surface area (Å²) in [5.41, 5.74) is 4.16. The van der Waals surface area contributed by atoms with Crippen molar-refractivity contribution in [3.8, 4) is 17.0 Å². The van der Waals surface area contributed by atoms with Gasteiger partial charge in [0.25, 0.3) is 0 Å². The van der Waals surface area contributed by atoms with Gasteiger partial charge in [-0.15, -0.1) is 13.2 Å². The third-order valence-electron chi connectivity index (χ3n) is 5.19. The van der Waals surface area contributed by atoms with Crippen molar-refractivity contribution in [2.45, 2.75) is 43.5 Å². The maximum absolute atomic E-state index is 12.5. The molecule has 0 radical (unpaired) electrons. The number of nitrogens with one attached hydrogen (secondary N) is 1. The monoisotopic (exact) mass is 466 g/mol. The molecule has 3 aromatic rings. The normalized spacial score (nSPS) is 14.2. The van der Waals surface area contributed by atoms with E-state index in [2.05, 4.69) is 14.4 Å². The first-order valence-electron chi connectivity index (χ1n) is 10.1. The van der Waals surface area contributed by atoms with E-state index in [-0.39, 0.29) is 11.4 Å². The molecule has 0 saturated carbocycles. The molecule has 0 spiro atoms. The molecule has 0 fully saturated rings. The molecule has 0 bridgehead atoms. The zero-order valence-electron chi connectivity index (χ0n) is 17.0. The standard InChI is InChI=1S/C21H21F3N4O3S/c22-21(23,24)31-16-5-7-17(8-6-16)32(29,30)26-13-14-28-19-4-2-1-3-18(19)20(27-28)15-9-11-25-12-10-15/h5-12,26H,1-4,13-14H2. The number of benzene rings is 1. The lowest BCUT2D eigenvalue weighted by Crippen LogP contribution is -2.28.